The molecule has 0 aliphatic rings. The summed E-state index contributed by atoms with van der Waals surface area (Å²) in [5.41, 5.74) is 0. The Balaban J connectivity index is 0. The molecular weight excluding hydrogens is 279 g/mol. The third kappa shape index (κ3) is 14.6. The summed E-state index contributed by atoms with van der Waals surface area (Å²) in [6.07, 6.45) is 1.17. The Labute approximate surface area is 95.9 Å². The fourth-order valence-electron chi connectivity index (χ4n) is 1.16. The van der Waals surface area contributed by atoms with Crippen LogP contribution in [0.3, 0.4) is 0 Å². The molecule has 82 valence electrons. The SMILES string of the molecule is CC(=O)/C=C(/C)O.C[CH2][In]([CH2]C)[CH2]C. The predicted molar refractivity (Wildman–Crippen MR) is 64.3 cm³/mol. The summed E-state index contributed by atoms with van der Waals surface area (Å²) >= 11 is -0.764. The molecule has 3 heteroatoms. The molecule has 0 aromatic heterocycles. The summed E-state index contributed by atoms with van der Waals surface area (Å²) in [7, 11) is 0. The maximum absolute atomic E-state index is 10.0. The van der Waals surface area contributed by atoms with Crippen molar-refractivity contribution in [3.63, 3.8) is 0 Å². The van der Waals surface area contributed by atoms with Gasteiger partial charge in [-0.2, -0.15) is 0 Å². The van der Waals surface area contributed by atoms with Gasteiger partial charge in [0.05, 0.1) is 5.76 Å². The summed E-state index contributed by atoms with van der Waals surface area (Å²) in [6, 6.07) is 0. The van der Waals surface area contributed by atoms with Gasteiger partial charge in [0.2, 0.25) is 0 Å². The van der Waals surface area contributed by atoms with E-state index in [1.165, 1.54) is 19.9 Å². The van der Waals surface area contributed by atoms with Gasteiger partial charge in [0.25, 0.3) is 0 Å². The Kier molecular flexibility index (Phi) is 13.2. The van der Waals surface area contributed by atoms with Crippen molar-refractivity contribution >= 4 is 27.2 Å². The molecule has 0 spiro atoms. The predicted octanol–water partition coefficient (Wildman–Crippen LogP) is 3.58. The van der Waals surface area contributed by atoms with Crippen molar-refractivity contribution in [3.05, 3.63) is 11.8 Å². The summed E-state index contributed by atoms with van der Waals surface area (Å²) in [6.45, 7) is 9.91. The molecule has 14 heavy (non-hydrogen) atoms. The van der Waals surface area contributed by atoms with E-state index in [1.807, 2.05) is 0 Å². The molecule has 0 aliphatic carbocycles. The van der Waals surface area contributed by atoms with Crippen LogP contribution in [0.5, 0.6) is 0 Å². The first-order chi connectivity index (χ1) is 6.47. The number of carbonyl (C=O) groups is 1. The van der Waals surface area contributed by atoms with Crippen LogP contribution in [-0.4, -0.2) is 32.3 Å². The molecule has 1 N–H and O–H groups in total. The second kappa shape index (κ2) is 11.2. The Morgan fingerprint density at radius 2 is 1.50 bits per heavy atom. The molecular formula is C11H23InO2. The molecule has 0 aromatic rings. The van der Waals surface area contributed by atoms with Gasteiger partial charge in [-0.25, -0.2) is 0 Å². The van der Waals surface area contributed by atoms with Crippen LogP contribution in [0.2, 0.25) is 12.5 Å². The third-order valence-electron chi connectivity index (χ3n) is 2.14. The van der Waals surface area contributed by atoms with E-state index in [0.29, 0.717) is 0 Å². The first-order valence-corrected chi connectivity index (χ1v) is 12.3. The van der Waals surface area contributed by atoms with Gasteiger partial charge in [-0.1, -0.05) is 0 Å². The van der Waals surface area contributed by atoms with E-state index >= 15 is 0 Å². The normalized spacial score (nSPS) is 10.2. The van der Waals surface area contributed by atoms with Gasteiger partial charge in [-0.05, 0) is 13.8 Å². The van der Waals surface area contributed by atoms with Crippen LogP contribution in [0, 0.1) is 0 Å². The number of carbonyl (C=O) groups excluding carboxylic acids is 1. The number of allylic oxidation sites excluding steroid dienone is 2. The number of aliphatic hydroxyl groups is 1. The zero-order valence-electron chi connectivity index (χ0n) is 10.1. The van der Waals surface area contributed by atoms with E-state index in [9.17, 15) is 4.79 Å². The summed E-state index contributed by atoms with van der Waals surface area (Å²) in [4.78, 5) is 10.0. The van der Waals surface area contributed by atoms with Gasteiger partial charge in [0.1, 0.15) is 0 Å². The molecule has 0 bridgehead atoms. The minimum atomic E-state index is -0.764. The first kappa shape index (κ1) is 16.5. The number of ketones is 1. The van der Waals surface area contributed by atoms with Crippen molar-refractivity contribution in [1.82, 2.24) is 0 Å². The van der Waals surface area contributed by atoms with Gasteiger partial charge < -0.3 is 5.11 Å². The Hall–Kier alpha value is 0.0801. The van der Waals surface area contributed by atoms with E-state index in [2.05, 4.69) is 20.8 Å². The summed E-state index contributed by atoms with van der Waals surface area (Å²) in [5, 5.41) is 8.36. The van der Waals surface area contributed by atoms with Crippen LogP contribution in [0.15, 0.2) is 11.8 Å². The molecule has 0 fully saturated rings. The maximum atomic E-state index is 10.0. The van der Waals surface area contributed by atoms with Crippen molar-refractivity contribution in [1.29, 1.82) is 0 Å². The number of rotatable bonds is 4. The van der Waals surface area contributed by atoms with E-state index in [1.54, 1.807) is 12.5 Å². The fourth-order valence-corrected chi connectivity index (χ4v) is 6.10. The van der Waals surface area contributed by atoms with Gasteiger partial charge in [0.15, 0.2) is 5.78 Å². The Bertz CT molecular complexity index is 163. The van der Waals surface area contributed by atoms with E-state index in [0.717, 1.165) is 0 Å². The van der Waals surface area contributed by atoms with Gasteiger partial charge in [-0.15, -0.1) is 0 Å². The standard InChI is InChI=1S/C5H8O2.3C2H5.In/c1-4(6)3-5(2)7;3*1-2;/h3,6H,1-2H3;3*1H2,2H3;/b4-3-;;;;. The first-order valence-electron chi connectivity index (χ1n) is 5.35. The van der Waals surface area contributed by atoms with Crippen LogP contribution >= 0.6 is 0 Å². The van der Waals surface area contributed by atoms with Crippen LogP contribution in [0.4, 0.5) is 0 Å². The zero-order chi connectivity index (χ0) is 11.6. The molecule has 0 atom stereocenters. The Morgan fingerprint density at radius 3 is 1.50 bits per heavy atom. The molecule has 0 saturated carbocycles. The quantitative estimate of drug-likeness (QED) is 0.636. The summed E-state index contributed by atoms with van der Waals surface area (Å²) < 4.78 is 4.69. The van der Waals surface area contributed by atoms with Crippen molar-refractivity contribution in [3.8, 4) is 0 Å². The van der Waals surface area contributed by atoms with E-state index < -0.39 is 21.4 Å². The number of hydrogen-bond acceptors (Lipinski definition) is 2. The topological polar surface area (TPSA) is 37.3 Å². The summed E-state index contributed by atoms with van der Waals surface area (Å²) in [5.74, 6) is -0.0625. The fraction of sp³-hybridized carbons (Fsp3) is 0.727. The monoisotopic (exact) mass is 302 g/mol. The van der Waals surface area contributed by atoms with Crippen molar-refractivity contribution in [2.45, 2.75) is 47.2 Å². The molecule has 0 radical (unpaired) electrons. The van der Waals surface area contributed by atoms with Gasteiger partial charge in [-0.3, -0.25) is 4.79 Å². The van der Waals surface area contributed by atoms with E-state index in [-0.39, 0.29) is 11.5 Å². The minimum absolute atomic E-state index is 0.0625. The molecule has 0 amide bonds. The molecule has 0 saturated heterocycles. The van der Waals surface area contributed by atoms with Crippen molar-refractivity contribution in [2.75, 3.05) is 0 Å². The van der Waals surface area contributed by atoms with Crippen LogP contribution in [0.25, 0.3) is 0 Å². The van der Waals surface area contributed by atoms with Crippen LogP contribution in [-0.2, 0) is 4.79 Å². The van der Waals surface area contributed by atoms with Crippen LogP contribution in [0.1, 0.15) is 34.6 Å². The van der Waals surface area contributed by atoms with Gasteiger partial charge in [0, 0.05) is 6.08 Å². The molecule has 2 nitrogen and oxygen atoms in total. The van der Waals surface area contributed by atoms with Gasteiger partial charge >= 0.3 is 54.7 Å². The average molecular weight is 302 g/mol. The second-order valence-electron chi connectivity index (χ2n) is 3.49. The molecule has 0 rings (SSSR count). The van der Waals surface area contributed by atoms with Crippen molar-refractivity contribution < 1.29 is 9.90 Å². The second-order valence-corrected chi connectivity index (χ2v) is 15.4. The zero-order valence-corrected chi connectivity index (χ0v) is 13.4. The molecule has 0 heterocycles. The van der Waals surface area contributed by atoms with E-state index in [4.69, 9.17) is 5.11 Å². The molecule has 0 aromatic carbocycles. The third-order valence-corrected chi connectivity index (χ3v) is 12.0. The number of aliphatic hydroxyl groups excluding tert-OH is 1. The Morgan fingerprint density at radius 1 is 1.14 bits per heavy atom. The number of hydrogen-bond donors (Lipinski definition) is 1. The average Bonchev–Trinajstić information content (AvgIpc) is 2.06. The van der Waals surface area contributed by atoms with Crippen LogP contribution < -0.4 is 0 Å². The molecule has 0 aliphatic heterocycles. The van der Waals surface area contributed by atoms with Crippen molar-refractivity contribution in [2.24, 2.45) is 0 Å². The molecule has 0 unspecified atom stereocenters.